The summed E-state index contributed by atoms with van der Waals surface area (Å²) in [5.41, 5.74) is 0.744. The van der Waals surface area contributed by atoms with Gasteiger partial charge in [0.05, 0.1) is 22.7 Å². The summed E-state index contributed by atoms with van der Waals surface area (Å²) in [7, 11) is 1.75. The van der Waals surface area contributed by atoms with Crippen molar-refractivity contribution in [3.05, 3.63) is 87.7 Å². The summed E-state index contributed by atoms with van der Waals surface area (Å²) in [4.78, 5) is 15.2. The molecule has 3 aliphatic heterocycles. The van der Waals surface area contributed by atoms with E-state index in [0.717, 1.165) is 5.56 Å². The molecule has 0 spiro atoms. The number of likely N-dealkylation sites (tertiary alicyclic amines) is 1. The second-order valence-electron chi connectivity index (χ2n) is 12.9. The molecule has 1 saturated heterocycles. The van der Waals surface area contributed by atoms with Gasteiger partial charge >= 0.3 is 6.09 Å². The van der Waals surface area contributed by atoms with E-state index < -0.39 is 35.0 Å². The molecule has 4 heterocycles. The average Bonchev–Trinajstić information content (AvgIpc) is 3.75. The van der Waals surface area contributed by atoms with E-state index in [2.05, 4.69) is 11.2 Å². The van der Waals surface area contributed by atoms with E-state index >= 15 is 8.78 Å². The number of amides is 1. The van der Waals surface area contributed by atoms with Gasteiger partial charge in [-0.05, 0) is 45.2 Å². The lowest BCUT2D eigenvalue weighted by Gasteiger charge is -2.40. The summed E-state index contributed by atoms with van der Waals surface area (Å²) >= 11 is 6.69. The number of hydrogen-bond donors (Lipinski definition) is 0. The lowest BCUT2D eigenvalue weighted by atomic mass is 9.79. The van der Waals surface area contributed by atoms with E-state index in [1.165, 1.54) is 12.1 Å². The Kier molecular flexibility index (Phi) is 7.01. The zero-order valence-electron chi connectivity index (χ0n) is 25.8. The lowest BCUT2D eigenvalue weighted by Crippen LogP contribution is -2.53. The molecule has 0 saturated carbocycles. The minimum atomic E-state index is -1.18. The Morgan fingerprint density at radius 2 is 1.93 bits per heavy atom. The van der Waals surface area contributed by atoms with Crippen LogP contribution in [0.1, 0.15) is 56.0 Å². The standard InChI is InChI=1S/C35H31ClF2N4O4/c1-34(2,3)46-33(43)42-12-8-11-27(42)35(20-9-6-5-7-10-20)15-22-26(45-35)14-24(37)30(36)29(22)28-19(16-39)13-21-23-17-41(4)40-25(23)18-44-32(21)31(28)38/h5-7,9-10,13-14,17,27H,8,11-12,15,18H2,1-4H3/t27-,35-/m0/s1. The first-order chi connectivity index (χ1) is 21.9. The van der Waals surface area contributed by atoms with Gasteiger partial charge in [0.1, 0.15) is 29.5 Å². The summed E-state index contributed by atoms with van der Waals surface area (Å²) in [5.74, 6) is -1.56. The van der Waals surface area contributed by atoms with Gasteiger partial charge in [-0.2, -0.15) is 10.4 Å². The highest BCUT2D eigenvalue weighted by molar-refractivity contribution is 6.34. The van der Waals surface area contributed by atoms with E-state index in [0.29, 0.717) is 41.8 Å². The first kappa shape index (κ1) is 30.1. The van der Waals surface area contributed by atoms with Gasteiger partial charge < -0.3 is 19.1 Å². The average molecular weight is 645 g/mol. The molecule has 0 N–H and O–H groups in total. The molecule has 0 radical (unpaired) electrons. The Hall–Kier alpha value is -4.62. The smallest absolute Gasteiger partial charge is 0.410 e. The zero-order valence-corrected chi connectivity index (χ0v) is 26.5. The first-order valence-corrected chi connectivity index (χ1v) is 15.5. The van der Waals surface area contributed by atoms with Gasteiger partial charge in [0.25, 0.3) is 0 Å². The molecule has 4 aromatic rings. The van der Waals surface area contributed by atoms with E-state index in [1.54, 1.807) is 43.6 Å². The minimum Gasteiger partial charge on any atom is -0.483 e. The molecule has 8 nitrogen and oxygen atoms in total. The molecule has 236 valence electrons. The first-order valence-electron chi connectivity index (χ1n) is 15.1. The van der Waals surface area contributed by atoms with Crippen molar-refractivity contribution in [3.63, 3.8) is 0 Å². The number of hydrogen-bond acceptors (Lipinski definition) is 6. The molecule has 11 heteroatoms. The van der Waals surface area contributed by atoms with Crippen molar-refractivity contribution in [2.45, 2.75) is 63.9 Å². The number of halogens is 3. The molecule has 46 heavy (non-hydrogen) atoms. The molecule has 0 bridgehead atoms. The lowest BCUT2D eigenvalue weighted by molar-refractivity contribution is -0.0216. The van der Waals surface area contributed by atoms with Crippen molar-refractivity contribution in [1.82, 2.24) is 14.7 Å². The number of carbonyl (C=O) groups is 1. The van der Waals surface area contributed by atoms with E-state index in [4.69, 9.17) is 25.8 Å². The summed E-state index contributed by atoms with van der Waals surface area (Å²) in [5, 5.41) is 14.3. The molecule has 0 aliphatic carbocycles. The van der Waals surface area contributed by atoms with E-state index in [9.17, 15) is 10.1 Å². The van der Waals surface area contributed by atoms with Crippen LogP contribution in [0.3, 0.4) is 0 Å². The van der Waals surface area contributed by atoms with Gasteiger partial charge in [0.15, 0.2) is 17.2 Å². The number of ether oxygens (including phenoxy) is 3. The van der Waals surface area contributed by atoms with Gasteiger partial charge in [-0.15, -0.1) is 0 Å². The minimum absolute atomic E-state index is 0.0220. The number of nitrogens with zero attached hydrogens (tertiary/aromatic N) is 4. The maximum Gasteiger partial charge on any atom is 0.410 e. The third kappa shape index (κ3) is 4.68. The largest absolute Gasteiger partial charge is 0.483 e. The second kappa shape index (κ2) is 10.7. The third-order valence-corrected chi connectivity index (χ3v) is 9.21. The van der Waals surface area contributed by atoms with Crippen LogP contribution in [0.5, 0.6) is 11.5 Å². The molecule has 1 fully saturated rings. The molecule has 7 rings (SSSR count). The van der Waals surface area contributed by atoms with Crippen LogP contribution in [0.4, 0.5) is 13.6 Å². The molecular weight excluding hydrogens is 614 g/mol. The van der Waals surface area contributed by atoms with Crippen molar-refractivity contribution in [2.24, 2.45) is 7.05 Å². The van der Waals surface area contributed by atoms with Gasteiger partial charge in [-0.25, -0.2) is 13.6 Å². The van der Waals surface area contributed by atoms with Gasteiger partial charge in [0, 0.05) is 60.1 Å². The molecule has 0 unspecified atom stereocenters. The van der Waals surface area contributed by atoms with E-state index in [-0.39, 0.29) is 46.2 Å². The molecular formula is C35H31ClF2N4O4. The fraction of sp³-hybridized carbons (Fsp3) is 0.343. The summed E-state index contributed by atoms with van der Waals surface area (Å²) < 4.78 is 52.4. The maximum atomic E-state index is 16.7. The quantitative estimate of drug-likeness (QED) is 0.227. The SMILES string of the molecule is Cn1cc2c(n1)COc1c-2cc(C#N)c(-c2c(Cl)c(F)cc3c2C[C@](c2ccccc2)([C@@H]2CCCN2C(=O)OC(C)(C)C)O3)c1F. The number of nitriles is 1. The predicted octanol–water partition coefficient (Wildman–Crippen LogP) is 7.68. The van der Waals surface area contributed by atoms with Crippen LogP contribution in [-0.4, -0.2) is 39.0 Å². The zero-order chi connectivity index (χ0) is 32.5. The number of aromatic nitrogens is 2. The highest BCUT2D eigenvalue weighted by atomic mass is 35.5. The highest BCUT2D eigenvalue weighted by Gasteiger charge is 2.54. The van der Waals surface area contributed by atoms with E-state index in [1.807, 2.05) is 30.3 Å². The molecule has 3 aromatic carbocycles. The normalized spacial score (nSPS) is 19.9. The maximum absolute atomic E-state index is 16.7. The van der Waals surface area contributed by atoms with Crippen molar-refractivity contribution in [3.8, 4) is 39.8 Å². The van der Waals surface area contributed by atoms with Gasteiger partial charge in [-0.1, -0.05) is 41.9 Å². The molecule has 1 aromatic heterocycles. The fourth-order valence-electron chi connectivity index (χ4n) is 7.03. The summed E-state index contributed by atoms with van der Waals surface area (Å²) in [6, 6.07) is 13.7. The molecule has 3 aliphatic rings. The van der Waals surface area contributed by atoms with Crippen molar-refractivity contribution in [2.75, 3.05) is 6.54 Å². The summed E-state index contributed by atoms with van der Waals surface area (Å²) in [6.45, 7) is 5.90. The van der Waals surface area contributed by atoms with Crippen molar-refractivity contribution >= 4 is 17.7 Å². The fourth-order valence-corrected chi connectivity index (χ4v) is 7.29. The second-order valence-corrected chi connectivity index (χ2v) is 13.3. The van der Waals surface area contributed by atoms with Crippen LogP contribution in [0, 0.1) is 23.0 Å². The van der Waals surface area contributed by atoms with Gasteiger partial charge in [-0.3, -0.25) is 4.68 Å². The number of fused-ring (bicyclic) bond motifs is 4. The van der Waals surface area contributed by atoms with Crippen LogP contribution >= 0.6 is 11.6 Å². The van der Waals surface area contributed by atoms with Crippen LogP contribution in [0.2, 0.25) is 5.02 Å². The predicted molar refractivity (Wildman–Crippen MR) is 166 cm³/mol. The van der Waals surface area contributed by atoms with Crippen LogP contribution in [0.25, 0.3) is 22.3 Å². The Morgan fingerprint density at radius 1 is 1.17 bits per heavy atom. The Balaban J connectivity index is 1.41. The van der Waals surface area contributed by atoms with Crippen LogP contribution < -0.4 is 9.47 Å². The van der Waals surface area contributed by atoms with Crippen LogP contribution in [-0.2, 0) is 30.4 Å². The Bertz CT molecular complexity index is 1950. The third-order valence-electron chi connectivity index (χ3n) is 8.84. The Labute approximate surface area is 270 Å². The highest BCUT2D eigenvalue weighted by Crippen LogP contribution is 2.54. The van der Waals surface area contributed by atoms with Gasteiger partial charge in [0.2, 0.25) is 0 Å². The number of carbonyl (C=O) groups excluding carboxylic acids is 1. The molecule has 2 atom stereocenters. The number of benzene rings is 3. The number of aryl methyl sites for hydroxylation is 1. The Morgan fingerprint density at radius 3 is 2.65 bits per heavy atom. The van der Waals surface area contributed by atoms with Crippen molar-refractivity contribution in [1.29, 1.82) is 5.26 Å². The topological polar surface area (TPSA) is 89.6 Å². The monoisotopic (exact) mass is 644 g/mol. The van der Waals surface area contributed by atoms with Crippen molar-refractivity contribution < 1.29 is 27.8 Å². The summed E-state index contributed by atoms with van der Waals surface area (Å²) in [6.07, 6.45) is 2.68. The molecule has 1 amide bonds. The van der Waals surface area contributed by atoms with Crippen LogP contribution in [0.15, 0.2) is 48.7 Å². The number of rotatable bonds is 3.